The average Bonchev–Trinajstić information content (AvgIpc) is 2.76. The van der Waals surface area contributed by atoms with Crippen LogP contribution in [0.4, 0.5) is 0 Å². The van der Waals surface area contributed by atoms with Crippen molar-refractivity contribution >= 4 is 5.91 Å². The molecule has 1 rings (SSSR count). The fraction of sp³-hybridized carbons (Fsp3) is 0.909. The number of carbonyl (C=O) groups is 1. The molecule has 1 fully saturated rings. The molecular formula is C11H23N3O. The van der Waals surface area contributed by atoms with E-state index in [4.69, 9.17) is 0 Å². The van der Waals surface area contributed by atoms with Crippen molar-refractivity contribution in [2.75, 3.05) is 40.3 Å². The van der Waals surface area contributed by atoms with Gasteiger partial charge in [-0.2, -0.15) is 0 Å². The Morgan fingerprint density at radius 2 is 2.07 bits per heavy atom. The van der Waals surface area contributed by atoms with E-state index in [1.165, 1.54) is 25.9 Å². The topological polar surface area (TPSA) is 35.6 Å². The third-order valence-electron chi connectivity index (χ3n) is 3.13. The molecule has 0 bridgehead atoms. The minimum atomic E-state index is -0.0754. The fourth-order valence-electron chi connectivity index (χ4n) is 1.86. The van der Waals surface area contributed by atoms with Crippen molar-refractivity contribution in [1.82, 2.24) is 15.1 Å². The summed E-state index contributed by atoms with van der Waals surface area (Å²) >= 11 is 0. The largest absolute Gasteiger partial charge is 0.343 e. The van der Waals surface area contributed by atoms with Crippen molar-refractivity contribution in [3.05, 3.63) is 0 Å². The molecule has 1 saturated heterocycles. The van der Waals surface area contributed by atoms with Gasteiger partial charge in [0.25, 0.3) is 0 Å². The number of likely N-dealkylation sites (tertiary alicyclic amines) is 1. The van der Waals surface area contributed by atoms with E-state index in [2.05, 4.69) is 10.2 Å². The highest BCUT2D eigenvalue weighted by molar-refractivity contribution is 5.81. The smallest absolute Gasteiger partial charge is 0.239 e. The van der Waals surface area contributed by atoms with Gasteiger partial charge in [0.2, 0.25) is 5.91 Å². The highest BCUT2D eigenvalue weighted by atomic mass is 16.2. The second-order valence-electron chi connectivity index (χ2n) is 4.32. The third kappa shape index (κ3) is 3.80. The maximum absolute atomic E-state index is 11.7. The molecule has 1 aliphatic heterocycles. The minimum absolute atomic E-state index is 0.0754. The Kier molecular flexibility index (Phi) is 5.05. The van der Waals surface area contributed by atoms with Crippen LogP contribution in [0.3, 0.4) is 0 Å². The molecule has 1 N–H and O–H groups in total. The summed E-state index contributed by atoms with van der Waals surface area (Å²) in [5, 5.41) is 2.97. The highest BCUT2D eigenvalue weighted by Gasteiger charge is 2.17. The molecule has 4 heteroatoms. The Bertz CT molecular complexity index is 202. The van der Waals surface area contributed by atoms with Crippen molar-refractivity contribution < 1.29 is 4.79 Å². The number of hydrogen-bond donors (Lipinski definition) is 1. The summed E-state index contributed by atoms with van der Waals surface area (Å²) in [5.74, 6) is 0.177. The van der Waals surface area contributed by atoms with Crippen molar-refractivity contribution in [2.24, 2.45) is 0 Å². The molecule has 0 aliphatic carbocycles. The minimum Gasteiger partial charge on any atom is -0.343 e. The molecule has 88 valence electrons. The van der Waals surface area contributed by atoms with Crippen LogP contribution in [0.25, 0.3) is 0 Å². The van der Waals surface area contributed by atoms with Gasteiger partial charge >= 0.3 is 0 Å². The second kappa shape index (κ2) is 6.08. The summed E-state index contributed by atoms with van der Waals surface area (Å²) in [6.45, 7) is 6.14. The van der Waals surface area contributed by atoms with Crippen molar-refractivity contribution in [3.8, 4) is 0 Å². The summed E-state index contributed by atoms with van der Waals surface area (Å²) in [4.78, 5) is 16.0. The van der Waals surface area contributed by atoms with Gasteiger partial charge < -0.3 is 15.1 Å². The number of hydrogen-bond acceptors (Lipinski definition) is 3. The number of carbonyl (C=O) groups excluding carboxylic acids is 1. The zero-order chi connectivity index (χ0) is 11.3. The van der Waals surface area contributed by atoms with Gasteiger partial charge in [0.05, 0.1) is 6.04 Å². The van der Waals surface area contributed by atoms with Gasteiger partial charge in [0.15, 0.2) is 0 Å². The SMILES string of the molecule is CNC(C)C(=O)N(C)CCN1CCCC1. The molecular weight excluding hydrogens is 190 g/mol. The summed E-state index contributed by atoms with van der Waals surface area (Å²) in [5.41, 5.74) is 0. The maximum Gasteiger partial charge on any atom is 0.239 e. The van der Waals surface area contributed by atoms with Crippen LogP contribution >= 0.6 is 0 Å². The molecule has 1 unspecified atom stereocenters. The molecule has 1 heterocycles. The van der Waals surface area contributed by atoms with Gasteiger partial charge in [-0.05, 0) is 39.9 Å². The van der Waals surface area contributed by atoms with Crippen LogP contribution in [0.2, 0.25) is 0 Å². The van der Waals surface area contributed by atoms with Crippen LogP contribution in [-0.2, 0) is 4.79 Å². The molecule has 0 aromatic rings. The normalized spacial score (nSPS) is 19.1. The molecule has 0 aromatic carbocycles. The van der Waals surface area contributed by atoms with E-state index in [1.54, 1.807) is 0 Å². The zero-order valence-electron chi connectivity index (χ0n) is 10.1. The first-order valence-electron chi connectivity index (χ1n) is 5.79. The predicted octanol–water partition coefficient (Wildman–Crippen LogP) is 0.149. The van der Waals surface area contributed by atoms with E-state index in [9.17, 15) is 4.79 Å². The van der Waals surface area contributed by atoms with Crippen LogP contribution in [-0.4, -0.2) is 62.0 Å². The summed E-state index contributed by atoms with van der Waals surface area (Å²) in [7, 11) is 3.70. The van der Waals surface area contributed by atoms with Crippen molar-refractivity contribution in [3.63, 3.8) is 0 Å². The molecule has 0 aromatic heterocycles. The van der Waals surface area contributed by atoms with Gasteiger partial charge in [-0.15, -0.1) is 0 Å². The third-order valence-corrected chi connectivity index (χ3v) is 3.13. The lowest BCUT2D eigenvalue weighted by atomic mass is 10.3. The Hall–Kier alpha value is -0.610. The standard InChI is InChI=1S/C11H23N3O/c1-10(12-2)11(15)13(3)8-9-14-6-4-5-7-14/h10,12H,4-9H2,1-3H3. The van der Waals surface area contributed by atoms with E-state index in [-0.39, 0.29) is 11.9 Å². The Labute approximate surface area is 92.6 Å². The van der Waals surface area contributed by atoms with Crippen molar-refractivity contribution in [1.29, 1.82) is 0 Å². The van der Waals surface area contributed by atoms with Crippen molar-refractivity contribution in [2.45, 2.75) is 25.8 Å². The fourth-order valence-corrected chi connectivity index (χ4v) is 1.86. The van der Waals surface area contributed by atoms with Gasteiger partial charge in [-0.25, -0.2) is 0 Å². The maximum atomic E-state index is 11.7. The summed E-state index contributed by atoms with van der Waals surface area (Å²) in [6.07, 6.45) is 2.62. The molecule has 0 saturated carbocycles. The Balaban J connectivity index is 2.22. The lowest BCUT2D eigenvalue weighted by Gasteiger charge is -2.23. The molecule has 0 radical (unpaired) electrons. The first kappa shape index (κ1) is 12.5. The molecule has 15 heavy (non-hydrogen) atoms. The molecule has 4 nitrogen and oxygen atoms in total. The number of likely N-dealkylation sites (N-methyl/N-ethyl adjacent to an activating group) is 2. The van der Waals surface area contributed by atoms with Crippen LogP contribution in [0, 0.1) is 0 Å². The average molecular weight is 213 g/mol. The van der Waals surface area contributed by atoms with Crippen LogP contribution < -0.4 is 5.32 Å². The second-order valence-corrected chi connectivity index (χ2v) is 4.32. The lowest BCUT2D eigenvalue weighted by molar-refractivity contribution is -0.131. The zero-order valence-corrected chi connectivity index (χ0v) is 10.1. The van der Waals surface area contributed by atoms with Crippen LogP contribution in [0.5, 0.6) is 0 Å². The molecule has 1 atom stereocenters. The molecule has 1 aliphatic rings. The number of nitrogens with zero attached hydrogens (tertiary/aromatic N) is 2. The van der Waals surface area contributed by atoms with E-state index in [0.29, 0.717) is 0 Å². The highest BCUT2D eigenvalue weighted by Crippen LogP contribution is 2.06. The quantitative estimate of drug-likeness (QED) is 0.706. The first-order chi connectivity index (χ1) is 7.15. The van der Waals surface area contributed by atoms with E-state index in [1.807, 2.05) is 25.9 Å². The van der Waals surface area contributed by atoms with E-state index in [0.717, 1.165) is 13.1 Å². The van der Waals surface area contributed by atoms with E-state index < -0.39 is 0 Å². The van der Waals surface area contributed by atoms with Gasteiger partial charge in [0.1, 0.15) is 0 Å². The predicted molar refractivity (Wildman–Crippen MR) is 61.8 cm³/mol. The monoisotopic (exact) mass is 213 g/mol. The number of nitrogens with one attached hydrogen (secondary N) is 1. The van der Waals surface area contributed by atoms with Crippen LogP contribution in [0.1, 0.15) is 19.8 Å². The number of amides is 1. The summed E-state index contributed by atoms with van der Waals surface area (Å²) < 4.78 is 0. The Morgan fingerprint density at radius 3 is 2.60 bits per heavy atom. The summed E-state index contributed by atoms with van der Waals surface area (Å²) in [6, 6.07) is -0.0754. The lowest BCUT2D eigenvalue weighted by Crippen LogP contribution is -2.44. The van der Waals surface area contributed by atoms with Gasteiger partial charge in [-0.1, -0.05) is 0 Å². The first-order valence-corrected chi connectivity index (χ1v) is 5.79. The van der Waals surface area contributed by atoms with Gasteiger partial charge in [-0.3, -0.25) is 4.79 Å². The van der Waals surface area contributed by atoms with Gasteiger partial charge in [0, 0.05) is 20.1 Å². The van der Waals surface area contributed by atoms with Crippen LogP contribution in [0.15, 0.2) is 0 Å². The molecule has 0 spiro atoms. The Morgan fingerprint density at radius 1 is 1.47 bits per heavy atom. The number of rotatable bonds is 5. The molecule has 1 amide bonds. The van der Waals surface area contributed by atoms with E-state index >= 15 is 0 Å².